The monoisotopic (exact) mass is 169 g/mol. The summed E-state index contributed by atoms with van der Waals surface area (Å²) < 4.78 is 0. The third kappa shape index (κ3) is 1.81. The van der Waals surface area contributed by atoms with Crippen LogP contribution in [0.3, 0.4) is 0 Å². The quantitative estimate of drug-likeness (QED) is 0.694. The van der Waals surface area contributed by atoms with Gasteiger partial charge in [-0.25, -0.2) is 0 Å². The van der Waals surface area contributed by atoms with Crippen LogP contribution in [0.1, 0.15) is 27.2 Å². The van der Waals surface area contributed by atoms with Crippen LogP contribution in [0.15, 0.2) is 11.8 Å². The van der Waals surface area contributed by atoms with Crippen LogP contribution in [-0.2, 0) is 0 Å². The summed E-state index contributed by atoms with van der Waals surface area (Å²) in [6, 6.07) is 0.279. The fourth-order valence-corrected chi connectivity index (χ4v) is 1.74. The van der Waals surface area contributed by atoms with E-state index in [1.165, 1.54) is 5.70 Å². The minimum Gasteiger partial charge on any atom is -0.394 e. The smallest absolute Gasteiger partial charge is 0.0632 e. The summed E-state index contributed by atoms with van der Waals surface area (Å²) in [7, 11) is 0. The fraction of sp³-hybridized carbons (Fsp3) is 0.800. The molecule has 0 unspecified atom stereocenters. The molecule has 2 nitrogen and oxygen atoms in total. The number of nitrogens with zero attached hydrogens (tertiary/aromatic N) is 1. The highest BCUT2D eigenvalue weighted by Crippen LogP contribution is 2.24. The summed E-state index contributed by atoms with van der Waals surface area (Å²) in [6.07, 6.45) is 3.43. The summed E-state index contributed by atoms with van der Waals surface area (Å²) in [5.41, 5.74) is 1.40. The highest BCUT2D eigenvalue weighted by atomic mass is 16.3. The molecule has 0 spiro atoms. The average molecular weight is 169 g/mol. The van der Waals surface area contributed by atoms with Gasteiger partial charge in [0.25, 0.3) is 0 Å². The molecule has 1 N–H and O–H groups in total. The summed E-state index contributed by atoms with van der Waals surface area (Å²) in [4.78, 5) is 2.31. The molecule has 0 saturated heterocycles. The largest absolute Gasteiger partial charge is 0.394 e. The summed E-state index contributed by atoms with van der Waals surface area (Å²) in [5.74, 6) is 0.585. The Hall–Kier alpha value is -0.500. The Kier molecular flexibility index (Phi) is 3.15. The molecule has 70 valence electrons. The van der Waals surface area contributed by atoms with Crippen molar-refractivity contribution in [3.05, 3.63) is 11.8 Å². The Bertz CT molecular complexity index is 175. The van der Waals surface area contributed by atoms with Gasteiger partial charge in [-0.05, 0) is 19.3 Å². The molecule has 1 aliphatic rings. The van der Waals surface area contributed by atoms with Crippen LogP contribution < -0.4 is 0 Å². The molecule has 1 aliphatic heterocycles. The maximum atomic E-state index is 9.03. The third-order valence-corrected chi connectivity index (χ3v) is 2.44. The van der Waals surface area contributed by atoms with Crippen molar-refractivity contribution in [1.82, 2.24) is 4.90 Å². The maximum Gasteiger partial charge on any atom is 0.0632 e. The zero-order valence-electron chi connectivity index (χ0n) is 8.25. The van der Waals surface area contributed by atoms with Crippen molar-refractivity contribution in [2.24, 2.45) is 5.92 Å². The van der Waals surface area contributed by atoms with Crippen molar-refractivity contribution >= 4 is 0 Å². The van der Waals surface area contributed by atoms with E-state index in [1.54, 1.807) is 0 Å². The molecular weight excluding hydrogens is 150 g/mol. The minimum atomic E-state index is 0.254. The zero-order valence-corrected chi connectivity index (χ0v) is 8.25. The van der Waals surface area contributed by atoms with Gasteiger partial charge in [0.1, 0.15) is 0 Å². The van der Waals surface area contributed by atoms with Crippen LogP contribution in [0.4, 0.5) is 0 Å². The normalized spacial score (nSPS) is 20.1. The second-order valence-corrected chi connectivity index (χ2v) is 3.80. The van der Waals surface area contributed by atoms with E-state index in [4.69, 9.17) is 5.11 Å². The van der Waals surface area contributed by atoms with E-state index in [0.717, 1.165) is 13.0 Å². The first-order valence-electron chi connectivity index (χ1n) is 4.74. The highest BCUT2D eigenvalue weighted by molar-refractivity contribution is 5.10. The van der Waals surface area contributed by atoms with Gasteiger partial charge in [-0.3, -0.25) is 0 Å². The van der Waals surface area contributed by atoms with E-state index in [-0.39, 0.29) is 12.6 Å². The number of aliphatic hydroxyl groups is 1. The van der Waals surface area contributed by atoms with E-state index >= 15 is 0 Å². The zero-order chi connectivity index (χ0) is 9.14. The number of aliphatic hydroxyl groups excluding tert-OH is 1. The van der Waals surface area contributed by atoms with Gasteiger partial charge in [0, 0.05) is 18.3 Å². The van der Waals surface area contributed by atoms with Crippen LogP contribution >= 0.6 is 0 Å². The number of rotatable bonds is 3. The molecule has 0 aromatic carbocycles. The second kappa shape index (κ2) is 3.94. The van der Waals surface area contributed by atoms with Crippen LogP contribution in [-0.4, -0.2) is 29.2 Å². The Labute approximate surface area is 74.9 Å². The SMILES string of the molecule is CC(C)C1=CCCN1[C@@H](C)CO. The summed E-state index contributed by atoms with van der Waals surface area (Å²) in [6.45, 7) is 7.81. The molecule has 1 rings (SSSR count). The van der Waals surface area contributed by atoms with Gasteiger partial charge in [0.2, 0.25) is 0 Å². The van der Waals surface area contributed by atoms with Crippen LogP contribution in [0.25, 0.3) is 0 Å². The summed E-state index contributed by atoms with van der Waals surface area (Å²) in [5, 5.41) is 9.03. The molecule has 0 saturated carbocycles. The first-order valence-corrected chi connectivity index (χ1v) is 4.74. The lowest BCUT2D eigenvalue weighted by Gasteiger charge is -2.30. The average Bonchev–Trinajstić information content (AvgIpc) is 2.50. The molecule has 2 heteroatoms. The third-order valence-electron chi connectivity index (χ3n) is 2.44. The molecule has 0 aromatic heterocycles. The topological polar surface area (TPSA) is 23.5 Å². The van der Waals surface area contributed by atoms with E-state index in [0.29, 0.717) is 5.92 Å². The fourth-order valence-electron chi connectivity index (χ4n) is 1.74. The lowest BCUT2D eigenvalue weighted by Crippen LogP contribution is -2.34. The van der Waals surface area contributed by atoms with Crippen molar-refractivity contribution < 1.29 is 5.11 Å². The molecule has 0 fully saturated rings. The maximum absolute atomic E-state index is 9.03. The molecule has 1 heterocycles. The van der Waals surface area contributed by atoms with Crippen molar-refractivity contribution in [2.45, 2.75) is 33.2 Å². The molecule has 12 heavy (non-hydrogen) atoms. The van der Waals surface area contributed by atoms with Gasteiger partial charge in [-0.15, -0.1) is 0 Å². The minimum absolute atomic E-state index is 0.254. The van der Waals surface area contributed by atoms with Crippen molar-refractivity contribution in [3.8, 4) is 0 Å². The van der Waals surface area contributed by atoms with Crippen LogP contribution in [0.2, 0.25) is 0 Å². The predicted molar refractivity (Wildman–Crippen MR) is 50.8 cm³/mol. The Morgan fingerprint density at radius 1 is 1.50 bits per heavy atom. The van der Waals surface area contributed by atoms with Gasteiger partial charge >= 0.3 is 0 Å². The van der Waals surface area contributed by atoms with Crippen molar-refractivity contribution in [1.29, 1.82) is 0 Å². The standard InChI is InChI=1S/C10H19NO/c1-8(2)10-5-4-6-11(10)9(3)7-12/h5,8-9,12H,4,6-7H2,1-3H3/t9-/m0/s1. The van der Waals surface area contributed by atoms with Crippen LogP contribution in [0, 0.1) is 5.92 Å². The molecule has 0 bridgehead atoms. The van der Waals surface area contributed by atoms with Gasteiger partial charge < -0.3 is 10.0 Å². The number of allylic oxidation sites excluding steroid dienone is 1. The van der Waals surface area contributed by atoms with E-state index in [1.807, 2.05) is 0 Å². The highest BCUT2D eigenvalue weighted by Gasteiger charge is 2.21. The molecule has 0 aromatic rings. The Morgan fingerprint density at radius 2 is 2.17 bits per heavy atom. The van der Waals surface area contributed by atoms with Gasteiger partial charge in [0.05, 0.1) is 6.61 Å². The molecule has 0 amide bonds. The lowest BCUT2D eigenvalue weighted by atomic mass is 10.1. The number of hydrogen-bond acceptors (Lipinski definition) is 2. The lowest BCUT2D eigenvalue weighted by molar-refractivity contribution is 0.166. The molecule has 0 radical (unpaired) electrons. The van der Waals surface area contributed by atoms with E-state index < -0.39 is 0 Å². The number of hydrogen-bond donors (Lipinski definition) is 1. The van der Waals surface area contributed by atoms with E-state index in [2.05, 4.69) is 31.7 Å². The van der Waals surface area contributed by atoms with Gasteiger partial charge in [-0.2, -0.15) is 0 Å². The second-order valence-electron chi connectivity index (χ2n) is 3.80. The predicted octanol–water partition coefficient (Wildman–Crippen LogP) is 1.61. The Balaban J connectivity index is 2.61. The van der Waals surface area contributed by atoms with Crippen molar-refractivity contribution in [2.75, 3.05) is 13.2 Å². The molecule has 0 aliphatic carbocycles. The first-order chi connectivity index (χ1) is 5.66. The van der Waals surface area contributed by atoms with Gasteiger partial charge in [-0.1, -0.05) is 19.9 Å². The van der Waals surface area contributed by atoms with Crippen LogP contribution in [0.5, 0.6) is 0 Å². The van der Waals surface area contributed by atoms with Crippen molar-refractivity contribution in [3.63, 3.8) is 0 Å². The Morgan fingerprint density at radius 3 is 2.67 bits per heavy atom. The molecular formula is C10H19NO. The molecule has 1 atom stereocenters. The summed E-state index contributed by atoms with van der Waals surface area (Å²) >= 11 is 0. The first kappa shape index (κ1) is 9.59. The van der Waals surface area contributed by atoms with Gasteiger partial charge in [0.15, 0.2) is 0 Å². The van der Waals surface area contributed by atoms with E-state index in [9.17, 15) is 0 Å².